The summed E-state index contributed by atoms with van der Waals surface area (Å²) in [6.07, 6.45) is 5.79. The molecule has 1 aromatic carbocycles. The average Bonchev–Trinajstić information content (AvgIpc) is 2.57. The maximum absolute atomic E-state index is 13.3. The van der Waals surface area contributed by atoms with Gasteiger partial charge in [-0.2, -0.15) is 0 Å². The molecule has 4 atom stereocenters. The lowest BCUT2D eigenvalue weighted by Gasteiger charge is -2.59. The molecule has 0 saturated heterocycles. The molecule has 4 nitrogen and oxygen atoms in total. The largest absolute Gasteiger partial charge is 0.508 e. The van der Waals surface area contributed by atoms with E-state index in [2.05, 4.69) is 27.7 Å². The minimum Gasteiger partial charge on any atom is -0.508 e. The molecule has 1 N–H and O–H groups in total. The Balaban J connectivity index is 1.96. The molecule has 4 unspecified atom stereocenters. The predicted molar refractivity (Wildman–Crippen MR) is 108 cm³/mol. The van der Waals surface area contributed by atoms with Crippen molar-refractivity contribution >= 4 is 9.84 Å². The monoisotopic (exact) mass is 394 g/mol. The van der Waals surface area contributed by atoms with E-state index < -0.39 is 9.84 Å². The molecule has 0 radical (unpaired) electrons. The van der Waals surface area contributed by atoms with Gasteiger partial charge in [-0.05, 0) is 60.0 Å². The Bertz CT molecular complexity index is 799. The molecule has 0 spiro atoms. The van der Waals surface area contributed by atoms with Crippen LogP contribution in [-0.2, 0) is 9.84 Å². The Labute approximate surface area is 164 Å². The van der Waals surface area contributed by atoms with Crippen LogP contribution in [0, 0.1) is 28.6 Å². The van der Waals surface area contributed by atoms with Crippen LogP contribution in [0.2, 0.25) is 0 Å². The van der Waals surface area contributed by atoms with Gasteiger partial charge in [0.15, 0.2) is 9.84 Å². The number of ether oxygens (including phenoxy) is 1. The lowest BCUT2D eigenvalue weighted by Crippen LogP contribution is -2.52. The fourth-order valence-corrected chi connectivity index (χ4v) is 8.12. The molecule has 2 aliphatic rings. The van der Waals surface area contributed by atoms with Crippen molar-refractivity contribution in [2.45, 2.75) is 64.7 Å². The molecule has 0 bridgehead atoms. The molecule has 5 heteroatoms. The maximum atomic E-state index is 13.3. The summed E-state index contributed by atoms with van der Waals surface area (Å²) in [5.41, 5.74) is 0.316. The van der Waals surface area contributed by atoms with Crippen LogP contribution >= 0.6 is 0 Å². The summed E-state index contributed by atoms with van der Waals surface area (Å²) in [7, 11) is -2.04. The standard InChI is InChI=1S/C22H34O4S/c1-15-7-8-20-21(2,3)9-6-10-22(20,4)19(15)14-27(24,25)18-12-16(23)11-17(13-18)26-5/h11-13,15,19-20,23H,6-10,14H2,1-5H3. The highest BCUT2D eigenvalue weighted by atomic mass is 32.2. The van der Waals surface area contributed by atoms with Gasteiger partial charge < -0.3 is 9.84 Å². The summed E-state index contributed by atoms with van der Waals surface area (Å²) in [6, 6.07) is 4.30. The summed E-state index contributed by atoms with van der Waals surface area (Å²) in [5, 5.41) is 9.91. The third-order valence-corrected chi connectivity index (χ3v) is 9.33. The lowest BCUT2D eigenvalue weighted by atomic mass is 9.47. The maximum Gasteiger partial charge on any atom is 0.178 e. The minimum atomic E-state index is -3.51. The summed E-state index contributed by atoms with van der Waals surface area (Å²) in [6.45, 7) is 9.26. The van der Waals surface area contributed by atoms with E-state index in [-0.39, 0.29) is 33.1 Å². The molecule has 0 amide bonds. The van der Waals surface area contributed by atoms with E-state index in [1.165, 1.54) is 44.6 Å². The molecule has 152 valence electrons. The third kappa shape index (κ3) is 3.72. The van der Waals surface area contributed by atoms with Crippen molar-refractivity contribution in [3.05, 3.63) is 18.2 Å². The zero-order chi connectivity index (χ0) is 20.0. The molecule has 0 heterocycles. The van der Waals surface area contributed by atoms with Crippen LogP contribution in [0.1, 0.15) is 59.8 Å². The third-order valence-electron chi connectivity index (χ3n) is 7.58. The second-order valence-electron chi connectivity index (χ2n) is 9.71. The van der Waals surface area contributed by atoms with Crippen molar-refractivity contribution in [3.63, 3.8) is 0 Å². The number of fused-ring (bicyclic) bond motifs is 1. The smallest absolute Gasteiger partial charge is 0.178 e. The second-order valence-corrected chi connectivity index (χ2v) is 11.7. The molecule has 1 aromatic rings. The van der Waals surface area contributed by atoms with Gasteiger partial charge in [-0.15, -0.1) is 0 Å². The SMILES string of the molecule is COc1cc(O)cc(S(=O)(=O)CC2C(C)CCC3C(C)(C)CCCC23C)c1. The molecule has 0 aromatic heterocycles. The van der Waals surface area contributed by atoms with Gasteiger partial charge >= 0.3 is 0 Å². The zero-order valence-corrected chi connectivity index (χ0v) is 18.1. The first kappa shape index (κ1) is 20.5. The van der Waals surface area contributed by atoms with Crippen LogP contribution in [0.25, 0.3) is 0 Å². The average molecular weight is 395 g/mol. The Morgan fingerprint density at radius 2 is 1.85 bits per heavy atom. The first-order valence-electron chi connectivity index (χ1n) is 10.1. The van der Waals surface area contributed by atoms with Crippen LogP contribution in [0.5, 0.6) is 11.5 Å². The van der Waals surface area contributed by atoms with Gasteiger partial charge in [0.1, 0.15) is 11.5 Å². The zero-order valence-electron chi connectivity index (χ0n) is 17.3. The first-order chi connectivity index (χ1) is 12.5. The summed E-state index contributed by atoms with van der Waals surface area (Å²) >= 11 is 0. The fraction of sp³-hybridized carbons (Fsp3) is 0.727. The molecule has 2 fully saturated rings. The van der Waals surface area contributed by atoms with Crippen molar-refractivity contribution in [1.82, 2.24) is 0 Å². The number of sulfone groups is 1. The molecule has 2 saturated carbocycles. The lowest BCUT2D eigenvalue weighted by molar-refractivity contribution is -0.0855. The van der Waals surface area contributed by atoms with Gasteiger partial charge in [-0.1, -0.05) is 40.5 Å². The Morgan fingerprint density at radius 3 is 2.52 bits per heavy atom. The van der Waals surface area contributed by atoms with Crippen molar-refractivity contribution in [2.24, 2.45) is 28.6 Å². The molecular weight excluding hydrogens is 360 g/mol. The van der Waals surface area contributed by atoms with Crippen molar-refractivity contribution < 1.29 is 18.3 Å². The highest BCUT2D eigenvalue weighted by Gasteiger charge is 2.54. The van der Waals surface area contributed by atoms with Gasteiger partial charge in [-0.25, -0.2) is 8.42 Å². The van der Waals surface area contributed by atoms with Crippen LogP contribution in [-0.4, -0.2) is 26.4 Å². The summed E-state index contributed by atoms with van der Waals surface area (Å²) in [4.78, 5) is 0.160. The van der Waals surface area contributed by atoms with Gasteiger partial charge in [0.25, 0.3) is 0 Å². The van der Waals surface area contributed by atoms with E-state index in [1.54, 1.807) is 0 Å². The highest BCUT2D eigenvalue weighted by molar-refractivity contribution is 7.91. The van der Waals surface area contributed by atoms with Crippen LogP contribution in [0.4, 0.5) is 0 Å². The number of phenolic OH excluding ortho intramolecular Hbond substituents is 1. The predicted octanol–water partition coefficient (Wildman–Crippen LogP) is 5.05. The minimum absolute atomic E-state index is 0.0490. The first-order valence-corrected chi connectivity index (χ1v) is 11.8. The fourth-order valence-electron chi connectivity index (χ4n) is 6.15. The van der Waals surface area contributed by atoms with E-state index in [9.17, 15) is 13.5 Å². The normalized spacial score (nSPS) is 33.3. The molecule has 3 rings (SSSR count). The number of aromatic hydroxyl groups is 1. The van der Waals surface area contributed by atoms with Gasteiger partial charge in [-0.3, -0.25) is 0 Å². The van der Waals surface area contributed by atoms with Gasteiger partial charge in [0, 0.05) is 6.07 Å². The summed E-state index contributed by atoms with van der Waals surface area (Å²) < 4.78 is 31.7. The van der Waals surface area contributed by atoms with Crippen molar-refractivity contribution in [3.8, 4) is 11.5 Å². The van der Waals surface area contributed by atoms with Crippen LogP contribution in [0.3, 0.4) is 0 Å². The molecule has 2 aliphatic carbocycles. The second kappa shape index (κ2) is 6.98. The van der Waals surface area contributed by atoms with Gasteiger partial charge in [0.2, 0.25) is 0 Å². The van der Waals surface area contributed by atoms with Gasteiger partial charge in [0.05, 0.1) is 17.8 Å². The van der Waals surface area contributed by atoms with Crippen LogP contribution < -0.4 is 4.74 Å². The van der Waals surface area contributed by atoms with E-state index in [0.29, 0.717) is 17.6 Å². The van der Waals surface area contributed by atoms with Crippen molar-refractivity contribution in [1.29, 1.82) is 0 Å². The number of hydrogen-bond donors (Lipinski definition) is 1. The number of benzene rings is 1. The highest BCUT2D eigenvalue weighted by Crippen LogP contribution is 2.61. The number of rotatable bonds is 4. The number of methoxy groups -OCH3 is 1. The molecule has 0 aliphatic heterocycles. The summed E-state index contributed by atoms with van der Waals surface area (Å²) in [5.74, 6) is 1.52. The molecular formula is C22H34O4S. The van der Waals surface area contributed by atoms with E-state index in [0.717, 1.165) is 12.8 Å². The van der Waals surface area contributed by atoms with Crippen molar-refractivity contribution in [2.75, 3.05) is 12.9 Å². The Hall–Kier alpha value is -1.23. The Kier molecular flexibility index (Phi) is 5.30. The Morgan fingerprint density at radius 1 is 1.15 bits per heavy atom. The van der Waals surface area contributed by atoms with E-state index >= 15 is 0 Å². The van der Waals surface area contributed by atoms with E-state index in [4.69, 9.17) is 4.74 Å². The van der Waals surface area contributed by atoms with Crippen LogP contribution in [0.15, 0.2) is 23.1 Å². The topological polar surface area (TPSA) is 63.6 Å². The number of phenols is 1. The van der Waals surface area contributed by atoms with E-state index in [1.807, 2.05) is 0 Å². The quantitative estimate of drug-likeness (QED) is 0.776. The molecule has 27 heavy (non-hydrogen) atoms. The number of hydrogen-bond acceptors (Lipinski definition) is 4.